The maximum Gasteiger partial charge on any atom is 0.245 e. The molecule has 0 aromatic heterocycles. The zero-order chi connectivity index (χ0) is 11.1. The summed E-state index contributed by atoms with van der Waals surface area (Å²) in [5.74, 6) is 0.457. The van der Waals surface area contributed by atoms with Crippen molar-refractivity contribution in [2.75, 3.05) is 20.3 Å². The van der Waals surface area contributed by atoms with Crippen molar-refractivity contribution in [1.82, 2.24) is 5.32 Å². The summed E-state index contributed by atoms with van der Waals surface area (Å²) in [6.07, 6.45) is 0.725. The number of ether oxygens (including phenoxy) is 1. The van der Waals surface area contributed by atoms with Crippen molar-refractivity contribution in [3.63, 3.8) is 0 Å². The number of methoxy groups -OCH3 is 1. The van der Waals surface area contributed by atoms with E-state index in [0.717, 1.165) is 17.7 Å². The first-order valence-electron chi connectivity index (χ1n) is 4.76. The molecular weight excluding hydrogens is 194 g/mol. The van der Waals surface area contributed by atoms with E-state index in [-0.39, 0.29) is 5.91 Å². The van der Waals surface area contributed by atoms with E-state index in [1.165, 1.54) is 0 Å². The Morgan fingerprint density at radius 3 is 3.00 bits per heavy atom. The largest absolute Gasteiger partial charge is 0.497 e. The molecule has 82 valence electrons. The minimum atomic E-state index is -0.460. The number of carbonyl (C=O) groups excluding carboxylic acids is 1. The van der Waals surface area contributed by atoms with Crippen molar-refractivity contribution in [2.45, 2.75) is 6.42 Å². The van der Waals surface area contributed by atoms with Crippen LogP contribution in [0.4, 0.5) is 0 Å². The first-order valence-corrected chi connectivity index (χ1v) is 4.76. The van der Waals surface area contributed by atoms with Crippen molar-refractivity contribution in [3.05, 3.63) is 29.8 Å². The van der Waals surface area contributed by atoms with E-state index < -0.39 is 6.61 Å². The van der Waals surface area contributed by atoms with Crippen molar-refractivity contribution in [1.29, 1.82) is 0 Å². The van der Waals surface area contributed by atoms with Gasteiger partial charge in [-0.25, -0.2) is 0 Å². The van der Waals surface area contributed by atoms with E-state index in [9.17, 15) is 4.79 Å². The average molecular weight is 209 g/mol. The molecule has 0 aliphatic rings. The summed E-state index contributed by atoms with van der Waals surface area (Å²) in [6.45, 7) is 0.0602. The molecule has 0 saturated heterocycles. The van der Waals surface area contributed by atoms with Crippen LogP contribution in [0, 0.1) is 0 Å². The molecule has 1 aromatic carbocycles. The number of nitrogens with one attached hydrogen (secondary N) is 1. The van der Waals surface area contributed by atoms with Gasteiger partial charge in [-0.05, 0) is 24.1 Å². The first-order chi connectivity index (χ1) is 7.26. The standard InChI is InChI=1S/C11H15NO3/c1-15-10-4-2-3-9(7-10)5-6-12-11(14)8-13/h2-4,7,13H,5-6,8H2,1H3,(H,12,14). The van der Waals surface area contributed by atoms with Crippen LogP contribution in [0.5, 0.6) is 5.75 Å². The van der Waals surface area contributed by atoms with E-state index >= 15 is 0 Å². The van der Waals surface area contributed by atoms with E-state index in [1.54, 1.807) is 7.11 Å². The molecular formula is C11H15NO3. The van der Waals surface area contributed by atoms with Gasteiger partial charge in [-0.15, -0.1) is 0 Å². The minimum absolute atomic E-state index is 0.349. The van der Waals surface area contributed by atoms with Gasteiger partial charge in [0.1, 0.15) is 12.4 Å². The van der Waals surface area contributed by atoms with Crippen molar-refractivity contribution >= 4 is 5.91 Å². The maximum atomic E-state index is 10.7. The molecule has 2 N–H and O–H groups in total. The SMILES string of the molecule is COc1cccc(CCNC(=O)CO)c1. The third-order valence-corrected chi connectivity index (χ3v) is 2.01. The average Bonchev–Trinajstić information content (AvgIpc) is 2.29. The molecule has 0 unspecified atom stereocenters. The van der Waals surface area contributed by atoms with Gasteiger partial charge in [-0.1, -0.05) is 12.1 Å². The Bertz CT molecular complexity index is 325. The molecule has 0 bridgehead atoms. The fraction of sp³-hybridized carbons (Fsp3) is 0.364. The number of aliphatic hydroxyl groups is 1. The number of hydrogen-bond donors (Lipinski definition) is 2. The molecule has 0 heterocycles. The fourth-order valence-electron chi connectivity index (χ4n) is 1.23. The summed E-state index contributed by atoms with van der Waals surface area (Å²) in [4.78, 5) is 10.7. The normalized spacial score (nSPS) is 9.73. The van der Waals surface area contributed by atoms with E-state index in [2.05, 4.69) is 5.32 Å². The molecule has 1 rings (SSSR count). The Morgan fingerprint density at radius 1 is 1.53 bits per heavy atom. The Hall–Kier alpha value is -1.55. The van der Waals surface area contributed by atoms with Crippen LogP contribution in [0.1, 0.15) is 5.56 Å². The lowest BCUT2D eigenvalue weighted by Crippen LogP contribution is -2.28. The van der Waals surface area contributed by atoms with Crippen LogP contribution in [0.3, 0.4) is 0 Å². The molecule has 0 atom stereocenters. The molecule has 4 heteroatoms. The molecule has 0 spiro atoms. The lowest BCUT2D eigenvalue weighted by molar-refractivity contribution is -0.123. The number of amides is 1. The van der Waals surface area contributed by atoms with Crippen LogP contribution in [-0.2, 0) is 11.2 Å². The summed E-state index contributed by atoms with van der Waals surface area (Å²) in [5.41, 5.74) is 1.09. The van der Waals surface area contributed by atoms with E-state index in [4.69, 9.17) is 9.84 Å². The summed E-state index contributed by atoms with van der Waals surface area (Å²) < 4.78 is 5.08. The molecule has 0 aliphatic heterocycles. The number of carbonyl (C=O) groups is 1. The van der Waals surface area contributed by atoms with Crippen molar-refractivity contribution in [2.24, 2.45) is 0 Å². The van der Waals surface area contributed by atoms with Crippen molar-refractivity contribution < 1.29 is 14.6 Å². The van der Waals surface area contributed by atoms with Gasteiger partial charge in [0, 0.05) is 6.54 Å². The summed E-state index contributed by atoms with van der Waals surface area (Å²) in [5, 5.41) is 11.1. The van der Waals surface area contributed by atoms with Gasteiger partial charge in [0.25, 0.3) is 0 Å². The first kappa shape index (κ1) is 11.5. The van der Waals surface area contributed by atoms with Crippen LogP contribution in [0.15, 0.2) is 24.3 Å². The Balaban J connectivity index is 2.40. The molecule has 4 nitrogen and oxygen atoms in total. The molecule has 1 aromatic rings. The molecule has 15 heavy (non-hydrogen) atoms. The topological polar surface area (TPSA) is 58.6 Å². The fourth-order valence-corrected chi connectivity index (χ4v) is 1.23. The van der Waals surface area contributed by atoms with Gasteiger partial charge in [0.2, 0.25) is 5.91 Å². The van der Waals surface area contributed by atoms with E-state index in [0.29, 0.717) is 6.54 Å². The zero-order valence-corrected chi connectivity index (χ0v) is 8.69. The summed E-state index contributed by atoms with van der Waals surface area (Å²) in [6, 6.07) is 7.66. The molecule has 0 saturated carbocycles. The van der Waals surface area contributed by atoms with Crippen molar-refractivity contribution in [3.8, 4) is 5.75 Å². The quantitative estimate of drug-likeness (QED) is 0.735. The second-order valence-corrected chi connectivity index (χ2v) is 3.11. The maximum absolute atomic E-state index is 10.7. The molecule has 1 amide bonds. The van der Waals surface area contributed by atoms with Crippen LogP contribution in [-0.4, -0.2) is 31.3 Å². The van der Waals surface area contributed by atoms with Crippen LogP contribution < -0.4 is 10.1 Å². The predicted octanol–water partition coefficient (Wildman–Crippen LogP) is 0.346. The van der Waals surface area contributed by atoms with Crippen LogP contribution in [0.25, 0.3) is 0 Å². The van der Waals surface area contributed by atoms with Gasteiger partial charge in [-0.2, -0.15) is 0 Å². The Kier molecular flexibility index (Phi) is 4.63. The predicted molar refractivity (Wildman–Crippen MR) is 56.8 cm³/mol. The third-order valence-electron chi connectivity index (χ3n) is 2.01. The molecule has 0 aliphatic carbocycles. The number of benzene rings is 1. The monoisotopic (exact) mass is 209 g/mol. The minimum Gasteiger partial charge on any atom is -0.497 e. The molecule has 0 radical (unpaired) electrons. The highest BCUT2D eigenvalue weighted by Gasteiger charge is 1.98. The Labute approximate surface area is 88.9 Å². The van der Waals surface area contributed by atoms with Crippen LogP contribution >= 0.6 is 0 Å². The zero-order valence-electron chi connectivity index (χ0n) is 8.69. The van der Waals surface area contributed by atoms with Gasteiger partial charge in [0.15, 0.2) is 0 Å². The second kappa shape index (κ2) is 6.03. The highest BCUT2D eigenvalue weighted by atomic mass is 16.5. The lowest BCUT2D eigenvalue weighted by atomic mass is 10.1. The van der Waals surface area contributed by atoms with Gasteiger partial charge in [-0.3, -0.25) is 4.79 Å². The summed E-state index contributed by atoms with van der Waals surface area (Å²) in [7, 11) is 1.62. The summed E-state index contributed by atoms with van der Waals surface area (Å²) >= 11 is 0. The number of aliphatic hydroxyl groups excluding tert-OH is 1. The highest BCUT2D eigenvalue weighted by molar-refractivity contribution is 5.76. The van der Waals surface area contributed by atoms with Gasteiger partial charge in [0.05, 0.1) is 7.11 Å². The van der Waals surface area contributed by atoms with E-state index in [1.807, 2.05) is 24.3 Å². The number of rotatable bonds is 5. The number of hydrogen-bond acceptors (Lipinski definition) is 3. The lowest BCUT2D eigenvalue weighted by Gasteiger charge is -2.05. The third kappa shape index (κ3) is 3.99. The smallest absolute Gasteiger partial charge is 0.245 e. The van der Waals surface area contributed by atoms with Gasteiger partial charge < -0.3 is 15.2 Å². The molecule has 0 fully saturated rings. The van der Waals surface area contributed by atoms with Crippen LogP contribution in [0.2, 0.25) is 0 Å². The second-order valence-electron chi connectivity index (χ2n) is 3.11. The highest BCUT2D eigenvalue weighted by Crippen LogP contribution is 2.12. The van der Waals surface area contributed by atoms with Gasteiger partial charge >= 0.3 is 0 Å². The Morgan fingerprint density at radius 2 is 2.33 bits per heavy atom.